The molecule has 0 amide bonds. The molecule has 0 radical (unpaired) electrons. The van der Waals surface area contributed by atoms with E-state index in [-0.39, 0.29) is 5.56 Å². The second kappa shape index (κ2) is 7.74. The third-order valence-corrected chi connectivity index (χ3v) is 8.15. The zero-order valence-electron chi connectivity index (χ0n) is 17.8. The lowest BCUT2D eigenvalue weighted by Crippen LogP contribution is -3.13. The van der Waals surface area contributed by atoms with Gasteiger partial charge in [0.05, 0.1) is 30.3 Å². The van der Waals surface area contributed by atoms with E-state index in [1.165, 1.54) is 27.8 Å². The van der Waals surface area contributed by atoms with Crippen LogP contribution < -0.4 is 10.5 Å². The molecule has 0 spiro atoms. The van der Waals surface area contributed by atoms with Gasteiger partial charge in [-0.25, -0.2) is 0 Å². The maximum Gasteiger partial charge on any atom is 0.259 e. The summed E-state index contributed by atoms with van der Waals surface area (Å²) in [6, 6.07) is 24.9. The molecule has 5 heteroatoms. The van der Waals surface area contributed by atoms with Crippen molar-refractivity contribution in [3.8, 4) is 16.5 Å². The highest BCUT2D eigenvalue weighted by Crippen LogP contribution is 2.35. The molecule has 2 bridgehead atoms. The number of likely N-dealkylation sites (tertiary alicyclic amines) is 1. The van der Waals surface area contributed by atoms with Crippen LogP contribution in [0, 0.1) is 17.2 Å². The molecule has 4 nitrogen and oxygen atoms in total. The van der Waals surface area contributed by atoms with E-state index in [0.29, 0.717) is 11.8 Å². The lowest BCUT2D eigenvalue weighted by Gasteiger charge is -2.40. The largest absolute Gasteiger partial charge is 0.330 e. The number of nitrogens with one attached hydrogen (secondary N) is 1. The molecule has 1 fully saturated rings. The fourth-order valence-electron chi connectivity index (χ4n) is 5.66. The predicted octanol–water partition coefficient (Wildman–Crippen LogP) is 3.80. The standard InChI is InChI=1S/C27H23N3OS/c28-13-18-4-3-5-19(10-18)14-29-15-20-11-22(17-29)24-9-8-23(27(31)30(24)16-20)26-12-21-6-1-2-7-25(21)32-26/h1-10,12,20,22H,11,14-17H2/p+1/t20-,22+/m0/s1. The second-order valence-electron chi connectivity index (χ2n) is 9.18. The Kier molecular flexibility index (Phi) is 4.71. The van der Waals surface area contributed by atoms with Crippen LogP contribution >= 0.6 is 11.3 Å². The van der Waals surface area contributed by atoms with Gasteiger partial charge in [-0.2, -0.15) is 5.26 Å². The first kappa shape index (κ1) is 19.5. The molecule has 3 atom stereocenters. The number of nitrogens with zero attached hydrogens (tertiary/aromatic N) is 2. The summed E-state index contributed by atoms with van der Waals surface area (Å²) in [7, 11) is 0. The fraction of sp³-hybridized carbons (Fsp3) is 0.259. The number of thiophene rings is 1. The third-order valence-electron chi connectivity index (χ3n) is 7.00. The van der Waals surface area contributed by atoms with E-state index in [2.05, 4.69) is 41.0 Å². The van der Waals surface area contributed by atoms with E-state index in [9.17, 15) is 10.1 Å². The monoisotopic (exact) mass is 438 g/mol. The van der Waals surface area contributed by atoms with Crippen molar-refractivity contribution in [2.75, 3.05) is 13.1 Å². The maximum atomic E-state index is 13.5. The first-order chi connectivity index (χ1) is 15.7. The van der Waals surface area contributed by atoms with Crippen molar-refractivity contribution in [1.82, 2.24) is 4.57 Å². The normalized spacial score (nSPS) is 21.8. The quantitative estimate of drug-likeness (QED) is 0.529. The van der Waals surface area contributed by atoms with Crippen LogP contribution in [0.25, 0.3) is 20.5 Å². The highest BCUT2D eigenvalue weighted by Gasteiger charge is 2.37. The summed E-state index contributed by atoms with van der Waals surface area (Å²) in [6.45, 7) is 3.86. The SMILES string of the molecule is N#Cc1cccc(C[NH+]2C[C@@H]3C[C@H](C2)c2ccc(-c4cc5ccccc5s4)c(=O)n2C3)c1. The first-order valence-corrected chi connectivity index (χ1v) is 12.0. The highest BCUT2D eigenvalue weighted by molar-refractivity contribution is 7.22. The van der Waals surface area contributed by atoms with E-state index in [1.807, 2.05) is 36.4 Å². The minimum atomic E-state index is 0.161. The molecule has 1 saturated heterocycles. The lowest BCUT2D eigenvalue weighted by molar-refractivity contribution is -0.924. The topological polar surface area (TPSA) is 50.2 Å². The number of quaternary nitrogens is 1. The lowest BCUT2D eigenvalue weighted by atomic mass is 9.82. The van der Waals surface area contributed by atoms with E-state index in [1.54, 1.807) is 16.2 Å². The van der Waals surface area contributed by atoms with Crippen LogP contribution in [0.5, 0.6) is 0 Å². The summed E-state index contributed by atoms with van der Waals surface area (Å²) in [6.07, 6.45) is 1.17. The Morgan fingerprint density at radius 2 is 1.97 bits per heavy atom. The molecule has 0 aliphatic carbocycles. The van der Waals surface area contributed by atoms with Crippen molar-refractivity contribution in [2.24, 2.45) is 5.92 Å². The zero-order valence-corrected chi connectivity index (χ0v) is 18.6. The van der Waals surface area contributed by atoms with Crippen molar-refractivity contribution >= 4 is 21.4 Å². The molecule has 2 aliphatic rings. The minimum absolute atomic E-state index is 0.161. The van der Waals surface area contributed by atoms with Gasteiger partial charge in [-0.1, -0.05) is 30.3 Å². The molecule has 4 heterocycles. The van der Waals surface area contributed by atoms with Crippen LogP contribution in [0.1, 0.15) is 29.2 Å². The van der Waals surface area contributed by atoms with Gasteiger partial charge < -0.3 is 9.47 Å². The van der Waals surface area contributed by atoms with Crippen LogP contribution in [0.3, 0.4) is 0 Å². The summed E-state index contributed by atoms with van der Waals surface area (Å²) < 4.78 is 3.28. The number of benzene rings is 2. The summed E-state index contributed by atoms with van der Waals surface area (Å²) in [5.74, 6) is 0.937. The van der Waals surface area contributed by atoms with Crippen molar-refractivity contribution in [1.29, 1.82) is 5.26 Å². The third kappa shape index (κ3) is 3.37. The van der Waals surface area contributed by atoms with Gasteiger partial charge in [-0.05, 0) is 48.2 Å². The van der Waals surface area contributed by atoms with Crippen molar-refractivity contribution in [2.45, 2.75) is 25.4 Å². The Hall–Kier alpha value is -3.20. The van der Waals surface area contributed by atoms with E-state index in [0.717, 1.165) is 42.2 Å². The maximum absolute atomic E-state index is 13.5. The van der Waals surface area contributed by atoms with E-state index >= 15 is 0 Å². The van der Waals surface area contributed by atoms with Crippen molar-refractivity contribution in [3.63, 3.8) is 0 Å². The number of piperidine rings is 1. The van der Waals surface area contributed by atoms with Gasteiger partial charge in [-0.3, -0.25) is 4.79 Å². The molecule has 2 aromatic carbocycles. The molecule has 2 aromatic heterocycles. The highest BCUT2D eigenvalue weighted by atomic mass is 32.1. The number of fused-ring (bicyclic) bond motifs is 5. The van der Waals surface area contributed by atoms with Crippen LogP contribution in [0.4, 0.5) is 0 Å². The average Bonchev–Trinajstić information content (AvgIpc) is 3.24. The number of pyridine rings is 1. The van der Waals surface area contributed by atoms with Gasteiger partial charge in [0.25, 0.3) is 5.56 Å². The van der Waals surface area contributed by atoms with Crippen LogP contribution in [0.15, 0.2) is 71.5 Å². The van der Waals surface area contributed by atoms with E-state index in [4.69, 9.17) is 0 Å². The van der Waals surface area contributed by atoms with Crippen molar-refractivity contribution in [3.05, 3.63) is 93.9 Å². The molecule has 1 N–H and O–H groups in total. The van der Waals surface area contributed by atoms with Gasteiger partial charge >= 0.3 is 0 Å². The summed E-state index contributed by atoms with van der Waals surface area (Å²) in [5.41, 5.74) is 4.13. The predicted molar refractivity (Wildman–Crippen MR) is 128 cm³/mol. The van der Waals surface area contributed by atoms with Crippen LogP contribution in [-0.2, 0) is 13.1 Å². The second-order valence-corrected chi connectivity index (χ2v) is 10.3. The Labute approximate surface area is 191 Å². The minimum Gasteiger partial charge on any atom is -0.330 e. The van der Waals surface area contributed by atoms with Crippen molar-refractivity contribution < 1.29 is 4.90 Å². The molecule has 2 aliphatic heterocycles. The van der Waals surface area contributed by atoms with Gasteiger partial charge in [0.2, 0.25) is 0 Å². The molecule has 1 unspecified atom stereocenters. The van der Waals surface area contributed by atoms with Gasteiger partial charge in [0, 0.05) is 39.2 Å². The average molecular weight is 439 g/mol. The molecular formula is C27H24N3OS+. The number of hydrogen-bond donors (Lipinski definition) is 1. The van der Waals surface area contributed by atoms with Gasteiger partial charge in [0.1, 0.15) is 6.54 Å². The van der Waals surface area contributed by atoms with E-state index < -0.39 is 0 Å². The smallest absolute Gasteiger partial charge is 0.259 e. The molecule has 0 saturated carbocycles. The molecule has 32 heavy (non-hydrogen) atoms. The molecule has 158 valence electrons. The number of hydrogen-bond acceptors (Lipinski definition) is 3. The number of rotatable bonds is 3. The fourth-order valence-corrected chi connectivity index (χ4v) is 6.73. The Morgan fingerprint density at radius 3 is 2.84 bits per heavy atom. The van der Waals surface area contributed by atoms with Gasteiger partial charge in [0.15, 0.2) is 0 Å². The van der Waals surface area contributed by atoms with Crippen LogP contribution in [0.2, 0.25) is 0 Å². The molecular weight excluding hydrogens is 414 g/mol. The summed E-state index contributed by atoms with van der Waals surface area (Å²) in [4.78, 5) is 16.1. The number of aromatic nitrogens is 1. The summed E-state index contributed by atoms with van der Waals surface area (Å²) in [5, 5.41) is 10.4. The summed E-state index contributed by atoms with van der Waals surface area (Å²) >= 11 is 1.70. The Bertz CT molecular complexity index is 1390. The van der Waals surface area contributed by atoms with Gasteiger partial charge in [-0.15, -0.1) is 11.3 Å². The zero-order chi connectivity index (χ0) is 21.7. The Balaban J connectivity index is 1.30. The first-order valence-electron chi connectivity index (χ1n) is 11.2. The molecule has 4 aromatic rings. The molecule has 6 rings (SSSR count). The number of nitriles is 1. The Morgan fingerprint density at radius 1 is 1.06 bits per heavy atom. The van der Waals surface area contributed by atoms with Crippen LogP contribution in [-0.4, -0.2) is 17.7 Å².